The van der Waals surface area contributed by atoms with Gasteiger partial charge >= 0.3 is 6.09 Å². The fourth-order valence-electron chi connectivity index (χ4n) is 4.13. The summed E-state index contributed by atoms with van der Waals surface area (Å²) in [4.78, 5) is 32.5. The predicted octanol–water partition coefficient (Wildman–Crippen LogP) is 5.22. The van der Waals surface area contributed by atoms with E-state index in [-0.39, 0.29) is 11.7 Å². The van der Waals surface area contributed by atoms with Crippen LogP contribution in [0.15, 0.2) is 66.9 Å². The van der Waals surface area contributed by atoms with E-state index in [0.717, 1.165) is 11.1 Å². The molecule has 3 N–H and O–H groups in total. The molecular formula is C29H37N3O4. The molecule has 2 aromatic carbocycles. The van der Waals surface area contributed by atoms with Gasteiger partial charge in [-0.15, -0.1) is 0 Å². The third-order valence-electron chi connectivity index (χ3n) is 5.92. The van der Waals surface area contributed by atoms with Crippen LogP contribution in [0.4, 0.5) is 4.79 Å². The molecule has 36 heavy (non-hydrogen) atoms. The highest BCUT2D eigenvalue weighted by Crippen LogP contribution is 2.26. The van der Waals surface area contributed by atoms with Crippen molar-refractivity contribution in [3.63, 3.8) is 0 Å². The molecule has 3 atom stereocenters. The summed E-state index contributed by atoms with van der Waals surface area (Å²) in [6, 6.07) is 19.1. The van der Waals surface area contributed by atoms with E-state index in [1.54, 1.807) is 27.0 Å². The van der Waals surface area contributed by atoms with Crippen LogP contribution in [0.3, 0.4) is 0 Å². The molecule has 7 heteroatoms. The average molecular weight is 492 g/mol. The molecule has 0 fully saturated rings. The number of aromatic nitrogens is 2. The van der Waals surface area contributed by atoms with E-state index in [1.807, 2.05) is 67.6 Å². The summed E-state index contributed by atoms with van der Waals surface area (Å²) < 4.78 is 5.47. The maximum absolute atomic E-state index is 12.6. The number of carbonyl (C=O) groups excluding carboxylic acids is 2. The van der Waals surface area contributed by atoms with Crippen LogP contribution >= 0.6 is 0 Å². The number of ketones is 1. The van der Waals surface area contributed by atoms with Gasteiger partial charge in [0.25, 0.3) is 0 Å². The van der Waals surface area contributed by atoms with Crippen LogP contribution in [0.1, 0.15) is 73.9 Å². The maximum atomic E-state index is 12.6. The number of H-pyrrole nitrogens is 1. The zero-order valence-electron chi connectivity index (χ0n) is 21.5. The number of nitrogens with zero attached hydrogens (tertiary/aromatic N) is 1. The van der Waals surface area contributed by atoms with Crippen LogP contribution in [0.25, 0.3) is 0 Å². The van der Waals surface area contributed by atoms with Crippen molar-refractivity contribution < 1.29 is 19.4 Å². The largest absolute Gasteiger partial charge is 0.444 e. The van der Waals surface area contributed by atoms with Gasteiger partial charge in [-0.25, -0.2) is 9.78 Å². The van der Waals surface area contributed by atoms with E-state index in [9.17, 15) is 14.7 Å². The lowest BCUT2D eigenvalue weighted by Crippen LogP contribution is -2.47. The minimum Gasteiger partial charge on any atom is -0.444 e. The molecular weight excluding hydrogens is 454 g/mol. The topological polar surface area (TPSA) is 104 Å². The van der Waals surface area contributed by atoms with Crippen molar-refractivity contribution in [3.05, 3.63) is 89.5 Å². The lowest BCUT2D eigenvalue weighted by molar-refractivity contribution is 0.0404. The van der Waals surface area contributed by atoms with Crippen LogP contribution in [0.2, 0.25) is 0 Å². The van der Waals surface area contributed by atoms with Gasteiger partial charge < -0.3 is 20.1 Å². The molecule has 1 aromatic heterocycles. The smallest absolute Gasteiger partial charge is 0.407 e. The summed E-state index contributed by atoms with van der Waals surface area (Å²) in [5.41, 5.74) is 1.89. The van der Waals surface area contributed by atoms with Gasteiger partial charge in [0.2, 0.25) is 0 Å². The molecule has 0 unspecified atom stereocenters. The minimum absolute atomic E-state index is 0.0127. The fraction of sp³-hybridized carbons (Fsp3) is 0.414. The number of hydrogen-bond donors (Lipinski definition) is 3. The Morgan fingerprint density at radius 2 is 1.58 bits per heavy atom. The monoisotopic (exact) mass is 491 g/mol. The SMILES string of the molecule is CCC(=O)c1cnc([C@H](Cc2ccccc2)C[C@H](O)[C@H](Cc2ccccc2)NC(=O)OC(C)(C)C)[nH]1. The van der Waals surface area contributed by atoms with Crippen LogP contribution in [-0.2, 0) is 17.6 Å². The first-order chi connectivity index (χ1) is 17.1. The third-order valence-corrected chi connectivity index (χ3v) is 5.92. The van der Waals surface area contributed by atoms with E-state index in [1.165, 1.54) is 0 Å². The van der Waals surface area contributed by atoms with Crippen LogP contribution < -0.4 is 5.32 Å². The van der Waals surface area contributed by atoms with Crippen molar-refractivity contribution in [2.45, 2.75) is 77.0 Å². The summed E-state index contributed by atoms with van der Waals surface area (Å²) in [5.74, 6) is 0.436. The first kappa shape index (κ1) is 27.1. The van der Waals surface area contributed by atoms with Crippen LogP contribution in [0.5, 0.6) is 0 Å². The molecule has 0 saturated carbocycles. The van der Waals surface area contributed by atoms with Gasteiger partial charge in [0.1, 0.15) is 17.1 Å². The Bertz CT molecular complexity index is 1110. The Labute approximate surface area is 213 Å². The molecule has 0 radical (unpaired) electrons. The molecule has 3 rings (SSSR count). The second-order valence-electron chi connectivity index (χ2n) is 10.1. The van der Waals surface area contributed by atoms with Gasteiger partial charge in [0, 0.05) is 12.3 Å². The molecule has 192 valence electrons. The van der Waals surface area contributed by atoms with E-state index in [0.29, 0.717) is 37.2 Å². The quantitative estimate of drug-likeness (QED) is 0.319. The number of imidazole rings is 1. The molecule has 7 nitrogen and oxygen atoms in total. The lowest BCUT2D eigenvalue weighted by atomic mass is 9.89. The second-order valence-corrected chi connectivity index (χ2v) is 10.1. The number of carbonyl (C=O) groups is 2. The Balaban J connectivity index is 1.84. The molecule has 0 spiro atoms. The third kappa shape index (κ3) is 8.34. The second kappa shape index (κ2) is 12.5. The Hall–Kier alpha value is -3.45. The molecule has 0 aliphatic rings. The summed E-state index contributed by atoms with van der Waals surface area (Å²) in [7, 11) is 0. The molecule has 1 heterocycles. The van der Waals surface area contributed by atoms with Gasteiger partial charge in [-0.2, -0.15) is 0 Å². The van der Waals surface area contributed by atoms with E-state index >= 15 is 0 Å². The number of hydrogen-bond acceptors (Lipinski definition) is 5. The number of aliphatic hydroxyl groups excluding tert-OH is 1. The summed E-state index contributed by atoms with van der Waals surface area (Å²) in [6.45, 7) is 7.22. The predicted molar refractivity (Wildman–Crippen MR) is 140 cm³/mol. The number of aromatic amines is 1. The number of rotatable bonds is 11. The van der Waals surface area contributed by atoms with Gasteiger partial charge in [-0.1, -0.05) is 67.6 Å². The Morgan fingerprint density at radius 1 is 1.00 bits per heavy atom. The summed E-state index contributed by atoms with van der Waals surface area (Å²) in [6.07, 6.45) is 1.87. The van der Waals surface area contributed by atoms with Crippen molar-refractivity contribution in [2.24, 2.45) is 0 Å². The molecule has 0 aliphatic heterocycles. The van der Waals surface area contributed by atoms with Crippen molar-refractivity contribution in [1.82, 2.24) is 15.3 Å². The Kier molecular flexibility index (Phi) is 9.42. The summed E-state index contributed by atoms with van der Waals surface area (Å²) >= 11 is 0. The molecule has 0 saturated heterocycles. The van der Waals surface area contributed by atoms with Crippen molar-refractivity contribution >= 4 is 11.9 Å². The van der Waals surface area contributed by atoms with Crippen molar-refractivity contribution in [1.29, 1.82) is 0 Å². The number of nitrogens with one attached hydrogen (secondary N) is 2. The van der Waals surface area contributed by atoms with Gasteiger partial charge in [0.05, 0.1) is 18.3 Å². The number of Topliss-reactive ketones (excluding diaryl/α,β-unsaturated/α-hetero) is 1. The molecule has 3 aromatic rings. The number of benzene rings is 2. The lowest BCUT2D eigenvalue weighted by Gasteiger charge is -2.29. The fourth-order valence-corrected chi connectivity index (χ4v) is 4.13. The molecule has 1 amide bonds. The number of amides is 1. The first-order valence-corrected chi connectivity index (χ1v) is 12.5. The van der Waals surface area contributed by atoms with E-state index < -0.39 is 23.8 Å². The minimum atomic E-state index is -0.887. The van der Waals surface area contributed by atoms with E-state index in [4.69, 9.17) is 4.74 Å². The summed E-state index contributed by atoms with van der Waals surface area (Å²) in [5, 5.41) is 14.3. The molecule has 0 aliphatic carbocycles. The highest BCUT2D eigenvalue weighted by molar-refractivity contribution is 5.93. The van der Waals surface area contributed by atoms with Crippen molar-refractivity contribution in [3.8, 4) is 0 Å². The van der Waals surface area contributed by atoms with Gasteiger partial charge in [-0.05, 0) is 51.2 Å². The number of aliphatic hydroxyl groups is 1. The number of ether oxygens (including phenoxy) is 1. The standard InChI is InChI=1S/C29H37N3O4/c1-5-25(33)24-19-30-27(31-24)22(16-20-12-8-6-9-13-20)18-26(34)23(17-21-14-10-7-11-15-21)32-28(35)36-29(2,3)4/h6-15,19,22-23,26,34H,5,16-18H2,1-4H3,(H,30,31)(H,32,35)/t22-,23+,26+/m1/s1. The normalized spacial score (nSPS) is 14.0. The van der Waals surface area contributed by atoms with E-state index in [2.05, 4.69) is 15.3 Å². The van der Waals surface area contributed by atoms with Crippen molar-refractivity contribution in [2.75, 3.05) is 0 Å². The zero-order valence-corrected chi connectivity index (χ0v) is 21.5. The molecule has 0 bridgehead atoms. The van der Waals surface area contributed by atoms with Crippen LogP contribution in [0, 0.1) is 0 Å². The van der Waals surface area contributed by atoms with Gasteiger partial charge in [-0.3, -0.25) is 4.79 Å². The van der Waals surface area contributed by atoms with Gasteiger partial charge in [0.15, 0.2) is 5.78 Å². The number of alkyl carbamates (subject to hydrolysis) is 1. The highest BCUT2D eigenvalue weighted by atomic mass is 16.6. The van der Waals surface area contributed by atoms with Crippen LogP contribution in [-0.4, -0.2) is 44.7 Å². The first-order valence-electron chi connectivity index (χ1n) is 12.5. The maximum Gasteiger partial charge on any atom is 0.407 e. The Morgan fingerprint density at radius 3 is 2.14 bits per heavy atom. The zero-order chi connectivity index (χ0) is 26.1. The highest BCUT2D eigenvalue weighted by Gasteiger charge is 2.29. The average Bonchev–Trinajstić information content (AvgIpc) is 3.33.